The van der Waals surface area contributed by atoms with Gasteiger partial charge in [0.1, 0.15) is 0 Å². The van der Waals surface area contributed by atoms with Crippen LogP contribution in [0, 0.1) is 19.8 Å². The third-order valence-electron chi connectivity index (χ3n) is 5.51. The Kier molecular flexibility index (Phi) is 5.39. The predicted octanol–water partition coefficient (Wildman–Crippen LogP) is 4.08. The number of amides is 1. The lowest BCUT2D eigenvalue weighted by Crippen LogP contribution is -2.44. The molecule has 27 heavy (non-hydrogen) atoms. The fourth-order valence-electron chi connectivity index (χ4n) is 4.23. The van der Waals surface area contributed by atoms with E-state index in [2.05, 4.69) is 32.6 Å². The Bertz CT molecular complexity index is 842. The van der Waals surface area contributed by atoms with Crippen LogP contribution in [0.15, 0.2) is 34.8 Å². The van der Waals surface area contributed by atoms with Gasteiger partial charge in [0.2, 0.25) is 0 Å². The summed E-state index contributed by atoms with van der Waals surface area (Å²) < 4.78 is 14.5. The molecule has 2 aliphatic rings. The van der Waals surface area contributed by atoms with Gasteiger partial charge in [0.15, 0.2) is 6.29 Å². The quantitative estimate of drug-likeness (QED) is 0.733. The summed E-state index contributed by atoms with van der Waals surface area (Å²) in [4.78, 5) is 15.2. The summed E-state index contributed by atoms with van der Waals surface area (Å²) in [5.41, 5.74) is 3.88. The smallest absolute Gasteiger partial charge is 0.255 e. The number of aromatic nitrogens is 1. The van der Waals surface area contributed by atoms with Crippen LogP contribution in [0.3, 0.4) is 0 Å². The summed E-state index contributed by atoms with van der Waals surface area (Å²) >= 11 is 3.53. The Morgan fingerprint density at radius 3 is 2.70 bits per heavy atom. The maximum atomic E-state index is 13.3. The molecule has 0 aliphatic carbocycles. The van der Waals surface area contributed by atoms with E-state index in [4.69, 9.17) is 9.47 Å². The minimum atomic E-state index is -0.158. The number of benzene rings is 1. The third-order valence-corrected chi connectivity index (χ3v) is 6.00. The van der Waals surface area contributed by atoms with E-state index >= 15 is 0 Å². The number of nitrogens with zero attached hydrogens (tertiary/aromatic N) is 2. The van der Waals surface area contributed by atoms with E-state index in [0.717, 1.165) is 46.5 Å². The summed E-state index contributed by atoms with van der Waals surface area (Å²) in [5.74, 6) is 0.366. The van der Waals surface area contributed by atoms with Crippen LogP contribution in [0.1, 0.15) is 34.6 Å². The lowest BCUT2D eigenvalue weighted by Gasteiger charge is -2.34. The maximum Gasteiger partial charge on any atom is 0.255 e. The van der Waals surface area contributed by atoms with Gasteiger partial charge in [0, 0.05) is 40.6 Å². The monoisotopic (exact) mass is 432 g/mol. The summed E-state index contributed by atoms with van der Waals surface area (Å²) in [6, 6.07) is 10.1. The molecular formula is C21H25BrN2O3. The van der Waals surface area contributed by atoms with Gasteiger partial charge in [0.05, 0.1) is 18.8 Å². The van der Waals surface area contributed by atoms with Crippen molar-refractivity contribution in [3.05, 3.63) is 51.8 Å². The van der Waals surface area contributed by atoms with Crippen molar-refractivity contribution in [3.63, 3.8) is 0 Å². The highest BCUT2D eigenvalue weighted by atomic mass is 79.9. The highest BCUT2D eigenvalue weighted by Crippen LogP contribution is 2.28. The number of carbonyl (C=O) groups is 1. The number of carbonyl (C=O) groups excluding carboxylic acids is 1. The second kappa shape index (κ2) is 7.78. The molecule has 1 aromatic carbocycles. The van der Waals surface area contributed by atoms with Crippen LogP contribution in [-0.4, -0.2) is 48.0 Å². The standard InChI is InChI=1S/C21H25BrN2O3/c1-14-11-19(15(2)24(14)18-7-3-6-17(22)12-18)20(25)23-8-4-5-16(13-23)21-26-9-10-27-21/h3,6-7,11-12,16,21H,4-5,8-10,13H2,1-2H3. The van der Waals surface area contributed by atoms with Crippen molar-refractivity contribution in [1.29, 1.82) is 0 Å². The van der Waals surface area contributed by atoms with Gasteiger partial charge in [-0.3, -0.25) is 4.79 Å². The molecule has 0 bridgehead atoms. The molecule has 2 aliphatic heterocycles. The molecule has 1 aromatic heterocycles. The van der Waals surface area contributed by atoms with E-state index in [-0.39, 0.29) is 18.1 Å². The molecule has 1 unspecified atom stereocenters. The van der Waals surface area contributed by atoms with Gasteiger partial charge in [-0.1, -0.05) is 22.0 Å². The predicted molar refractivity (Wildman–Crippen MR) is 107 cm³/mol. The lowest BCUT2D eigenvalue weighted by molar-refractivity contribution is -0.0969. The second-order valence-electron chi connectivity index (χ2n) is 7.36. The number of aryl methyl sites for hydroxylation is 1. The molecule has 3 heterocycles. The number of rotatable bonds is 3. The number of likely N-dealkylation sites (tertiary alicyclic amines) is 1. The molecule has 1 amide bonds. The van der Waals surface area contributed by atoms with E-state index in [1.807, 2.05) is 36.9 Å². The van der Waals surface area contributed by atoms with E-state index in [9.17, 15) is 4.79 Å². The molecule has 0 radical (unpaired) electrons. The number of piperidine rings is 1. The Hall–Kier alpha value is -1.63. The molecule has 2 saturated heterocycles. The number of hydrogen-bond donors (Lipinski definition) is 0. The van der Waals surface area contributed by atoms with Crippen LogP contribution in [0.2, 0.25) is 0 Å². The van der Waals surface area contributed by atoms with Crippen LogP contribution >= 0.6 is 15.9 Å². The van der Waals surface area contributed by atoms with Crippen LogP contribution in [-0.2, 0) is 9.47 Å². The zero-order chi connectivity index (χ0) is 19.0. The van der Waals surface area contributed by atoms with Crippen molar-refractivity contribution in [3.8, 4) is 5.69 Å². The second-order valence-corrected chi connectivity index (χ2v) is 8.28. The largest absolute Gasteiger partial charge is 0.350 e. The van der Waals surface area contributed by atoms with Crippen molar-refractivity contribution in [2.45, 2.75) is 33.0 Å². The first-order valence-electron chi connectivity index (χ1n) is 9.52. The average molecular weight is 433 g/mol. The molecule has 4 rings (SSSR count). The molecule has 0 spiro atoms. The lowest BCUT2D eigenvalue weighted by atomic mass is 9.96. The van der Waals surface area contributed by atoms with E-state index in [1.54, 1.807) is 0 Å². The van der Waals surface area contributed by atoms with Gasteiger partial charge < -0.3 is 18.9 Å². The first kappa shape index (κ1) is 18.7. The molecule has 144 valence electrons. The minimum Gasteiger partial charge on any atom is -0.350 e. The van der Waals surface area contributed by atoms with Crippen molar-refractivity contribution >= 4 is 21.8 Å². The molecule has 0 saturated carbocycles. The summed E-state index contributed by atoms with van der Waals surface area (Å²) in [7, 11) is 0. The summed E-state index contributed by atoms with van der Waals surface area (Å²) in [5, 5.41) is 0. The molecular weight excluding hydrogens is 408 g/mol. The number of hydrogen-bond acceptors (Lipinski definition) is 3. The number of halogens is 1. The zero-order valence-electron chi connectivity index (χ0n) is 15.8. The minimum absolute atomic E-state index is 0.104. The zero-order valence-corrected chi connectivity index (χ0v) is 17.4. The van der Waals surface area contributed by atoms with Crippen molar-refractivity contribution in [2.24, 2.45) is 5.92 Å². The van der Waals surface area contributed by atoms with Gasteiger partial charge in [-0.15, -0.1) is 0 Å². The molecule has 1 atom stereocenters. The van der Waals surface area contributed by atoms with E-state index in [0.29, 0.717) is 19.8 Å². The fraction of sp³-hybridized carbons (Fsp3) is 0.476. The van der Waals surface area contributed by atoms with Crippen molar-refractivity contribution in [1.82, 2.24) is 9.47 Å². The summed E-state index contributed by atoms with van der Waals surface area (Å²) in [6.07, 6.45) is 1.88. The maximum absolute atomic E-state index is 13.3. The molecule has 0 N–H and O–H groups in total. The Morgan fingerprint density at radius 2 is 1.96 bits per heavy atom. The van der Waals surface area contributed by atoms with E-state index in [1.165, 1.54) is 0 Å². The average Bonchev–Trinajstić information content (AvgIpc) is 3.29. The molecule has 5 nitrogen and oxygen atoms in total. The molecule has 6 heteroatoms. The summed E-state index contributed by atoms with van der Waals surface area (Å²) in [6.45, 7) is 6.87. The fourth-order valence-corrected chi connectivity index (χ4v) is 4.61. The Morgan fingerprint density at radius 1 is 1.19 bits per heavy atom. The third kappa shape index (κ3) is 3.71. The highest BCUT2D eigenvalue weighted by molar-refractivity contribution is 9.10. The Labute approximate surface area is 168 Å². The topological polar surface area (TPSA) is 43.7 Å². The highest BCUT2D eigenvalue weighted by Gasteiger charge is 2.33. The van der Waals surface area contributed by atoms with Gasteiger partial charge >= 0.3 is 0 Å². The van der Waals surface area contributed by atoms with Crippen LogP contribution < -0.4 is 0 Å². The Balaban J connectivity index is 1.58. The number of ether oxygens (including phenoxy) is 2. The van der Waals surface area contributed by atoms with Crippen LogP contribution in [0.4, 0.5) is 0 Å². The van der Waals surface area contributed by atoms with Gasteiger partial charge in [-0.2, -0.15) is 0 Å². The van der Waals surface area contributed by atoms with Crippen molar-refractivity contribution < 1.29 is 14.3 Å². The molecule has 2 aromatic rings. The van der Waals surface area contributed by atoms with Gasteiger partial charge in [-0.05, 0) is 51.0 Å². The van der Waals surface area contributed by atoms with Gasteiger partial charge in [0.25, 0.3) is 5.91 Å². The van der Waals surface area contributed by atoms with Gasteiger partial charge in [-0.25, -0.2) is 0 Å². The normalized spacial score (nSPS) is 21.0. The van der Waals surface area contributed by atoms with Crippen LogP contribution in [0.5, 0.6) is 0 Å². The SMILES string of the molecule is Cc1cc(C(=O)N2CCCC(C3OCCO3)C2)c(C)n1-c1cccc(Br)c1. The van der Waals surface area contributed by atoms with E-state index < -0.39 is 0 Å². The molecule has 2 fully saturated rings. The van der Waals surface area contributed by atoms with Crippen molar-refractivity contribution in [2.75, 3.05) is 26.3 Å². The van der Waals surface area contributed by atoms with Crippen LogP contribution in [0.25, 0.3) is 5.69 Å². The first-order valence-corrected chi connectivity index (χ1v) is 10.3. The first-order chi connectivity index (χ1) is 13.0.